The molecule has 0 bridgehead atoms. The number of nitrogens with zero attached hydrogens (tertiary/aromatic N) is 1. The van der Waals surface area contributed by atoms with Crippen molar-refractivity contribution >= 4 is 0 Å². The Morgan fingerprint density at radius 2 is 1.95 bits per heavy atom. The zero-order valence-corrected chi connectivity index (χ0v) is 12.7. The van der Waals surface area contributed by atoms with Gasteiger partial charge in [0, 0.05) is 17.6 Å². The van der Waals surface area contributed by atoms with Gasteiger partial charge < -0.3 is 5.11 Å². The van der Waals surface area contributed by atoms with E-state index in [9.17, 15) is 9.50 Å². The number of benzene rings is 1. The Bertz CT molecular complexity index is 512. The van der Waals surface area contributed by atoms with Crippen LogP contribution in [0.15, 0.2) is 24.3 Å². The smallest absolute Gasteiger partial charge is 0.161 e. The molecule has 1 aromatic rings. The van der Waals surface area contributed by atoms with Crippen LogP contribution in [0.1, 0.15) is 31.2 Å². The average molecular weight is 293 g/mol. The fraction of sp³-hybridized carbons (Fsp3) is 0.625. The molecule has 1 saturated heterocycles. The van der Waals surface area contributed by atoms with Crippen LogP contribution < -0.4 is 10.6 Å². The fourth-order valence-corrected chi connectivity index (χ4v) is 3.92. The van der Waals surface area contributed by atoms with E-state index in [1.54, 1.807) is 12.1 Å². The lowest BCUT2D eigenvalue weighted by atomic mass is 9.69. The molecule has 116 valence electrons. The summed E-state index contributed by atoms with van der Waals surface area (Å²) in [5.41, 5.74) is 0.906. The van der Waals surface area contributed by atoms with Gasteiger partial charge in [-0.1, -0.05) is 12.1 Å². The fourth-order valence-electron chi connectivity index (χ4n) is 3.92. The van der Waals surface area contributed by atoms with Crippen molar-refractivity contribution in [1.82, 2.24) is 15.5 Å². The predicted octanol–water partition coefficient (Wildman–Crippen LogP) is 1.36. The first-order valence-electron chi connectivity index (χ1n) is 7.59. The van der Waals surface area contributed by atoms with Gasteiger partial charge in [0.1, 0.15) is 5.82 Å². The molecule has 3 N–H and O–H groups in total. The average Bonchev–Trinajstić information content (AvgIpc) is 2.81. The second-order valence-electron chi connectivity index (χ2n) is 6.64. The summed E-state index contributed by atoms with van der Waals surface area (Å²) in [7, 11) is 4.14. The standard InChI is InChI=1S/C16H24FN3O/c1-20(2)16(12-4-3-5-13(17)10-12)8-6-15(7-9-16)11-18-14(21)19-15/h3-5,10,14,18-19,21H,6-9,11H2,1-2H3/t14?,15-,16+. The van der Waals surface area contributed by atoms with Gasteiger partial charge in [-0.15, -0.1) is 0 Å². The van der Waals surface area contributed by atoms with Gasteiger partial charge in [-0.2, -0.15) is 0 Å². The summed E-state index contributed by atoms with van der Waals surface area (Å²) in [6.45, 7) is 0.792. The van der Waals surface area contributed by atoms with E-state index >= 15 is 0 Å². The Labute approximate surface area is 125 Å². The van der Waals surface area contributed by atoms with Gasteiger partial charge in [0.05, 0.1) is 0 Å². The van der Waals surface area contributed by atoms with Crippen LogP contribution in [-0.4, -0.2) is 42.5 Å². The third-order valence-corrected chi connectivity index (χ3v) is 5.33. The van der Waals surface area contributed by atoms with Crippen molar-refractivity contribution in [1.29, 1.82) is 0 Å². The molecule has 4 nitrogen and oxygen atoms in total. The highest BCUT2D eigenvalue weighted by Crippen LogP contribution is 2.45. The molecule has 5 heteroatoms. The molecule has 1 unspecified atom stereocenters. The van der Waals surface area contributed by atoms with Crippen LogP contribution in [0.5, 0.6) is 0 Å². The van der Waals surface area contributed by atoms with Gasteiger partial charge >= 0.3 is 0 Å². The first-order chi connectivity index (χ1) is 9.96. The molecule has 1 aromatic carbocycles. The zero-order chi connectivity index (χ0) is 15.1. The summed E-state index contributed by atoms with van der Waals surface area (Å²) in [6, 6.07) is 6.97. The van der Waals surface area contributed by atoms with Crippen molar-refractivity contribution in [2.75, 3.05) is 20.6 Å². The number of nitrogens with one attached hydrogen (secondary N) is 2. The van der Waals surface area contributed by atoms with Crippen molar-refractivity contribution in [3.8, 4) is 0 Å². The van der Waals surface area contributed by atoms with Crippen LogP contribution in [0.2, 0.25) is 0 Å². The molecule has 1 saturated carbocycles. The third-order valence-electron chi connectivity index (χ3n) is 5.33. The van der Waals surface area contributed by atoms with Crippen LogP contribution in [0.25, 0.3) is 0 Å². The van der Waals surface area contributed by atoms with Crippen LogP contribution in [0.4, 0.5) is 4.39 Å². The maximum Gasteiger partial charge on any atom is 0.161 e. The van der Waals surface area contributed by atoms with Crippen LogP contribution in [-0.2, 0) is 5.54 Å². The summed E-state index contributed by atoms with van der Waals surface area (Å²) in [5, 5.41) is 16.0. The minimum Gasteiger partial charge on any atom is -0.365 e. The molecule has 1 spiro atoms. The largest absolute Gasteiger partial charge is 0.365 e. The number of hydrogen-bond donors (Lipinski definition) is 3. The molecular weight excluding hydrogens is 269 g/mol. The van der Waals surface area contributed by atoms with Crippen LogP contribution >= 0.6 is 0 Å². The highest BCUT2D eigenvalue weighted by Gasteiger charge is 2.47. The highest BCUT2D eigenvalue weighted by atomic mass is 19.1. The van der Waals surface area contributed by atoms with E-state index in [0.29, 0.717) is 0 Å². The Hall–Kier alpha value is -1.01. The molecule has 0 radical (unpaired) electrons. The van der Waals surface area contributed by atoms with Gasteiger partial charge in [-0.3, -0.25) is 15.5 Å². The molecule has 3 rings (SSSR count). The van der Waals surface area contributed by atoms with Gasteiger partial charge in [-0.05, 0) is 57.5 Å². The molecule has 2 fully saturated rings. The van der Waals surface area contributed by atoms with Crippen molar-refractivity contribution in [2.45, 2.75) is 43.1 Å². The minimum absolute atomic E-state index is 0.0216. The second-order valence-corrected chi connectivity index (χ2v) is 6.64. The molecule has 1 heterocycles. The quantitative estimate of drug-likeness (QED) is 0.771. The topological polar surface area (TPSA) is 47.5 Å². The summed E-state index contributed by atoms with van der Waals surface area (Å²) in [5.74, 6) is -0.176. The normalized spacial score (nSPS) is 36.5. The van der Waals surface area contributed by atoms with E-state index in [4.69, 9.17) is 0 Å². The third kappa shape index (κ3) is 2.59. The van der Waals surface area contributed by atoms with Gasteiger partial charge in [0.15, 0.2) is 6.35 Å². The molecule has 0 aromatic heterocycles. The summed E-state index contributed by atoms with van der Waals surface area (Å²) in [6.07, 6.45) is 3.22. The summed E-state index contributed by atoms with van der Waals surface area (Å²) < 4.78 is 13.6. The SMILES string of the molecule is CN(C)[C@]1(c2cccc(F)c2)CC[C@]2(CC1)CNC(O)N2. The number of halogens is 1. The number of aliphatic hydroxyl groups is 1. The van der Waals surface area contributed by atoms with Gasteiger partial charge in [-0.25, -0.2) is 4.39 Å². The lowest BCUT2D eigenvalue weighted by Gasteiger charge is -2.49. The van der Waals surface area contributed by atoms with Crippen LogP contribution in [0.3, 0.4) is 0 Å². The number of aliphatic hydroxyl groups excluding tert-OH is 1. The van der Waals surface area contributed by atoms with E-state index in [2.05, 4.69) is 29.6 Å². The first kappa shape index (κ1) is 14.9. The summed E-state index contributed by atoms with van der Waals surface area (Å²) >= 11 is 0. The maximum absolute atomic E-state index is 13.6. The molecular formula is C16H24FN3O. The van der Waals surface area contributed by atoms with Crippen molar-refractivity contribution in [3.63, 3.8) is 0 Å². The van der Waals surface area contributed by atoms with Crippen molar-refractivity contribution in [2.24, 2.45) is 0 Å². The minimum atomic E-state index is -0.606. The molecule has 21 heavy (non-hydrogen) atoms. The van der Waals surface area contributed by atoms with Gasteiger partial charge in [0.2, 0.25) is 0 Å². The van der Waals surface area contributed by atoms with E-state index in [1.165, 1.54) is 6.07 Å². The Morgan fingerprint density at radius 1 is 1.24 bits per heavy atom. The van der Waals surface area contributed by atoms with Crippen molar-refractivity contribution < 1.29 is 9.50 Å². The van der Waals surface area contributed by atoms with Gasteiger partial charge in [0.25, 0.3) is 0 Å². The van der Waals surface area contributed by atoms with E-state index in [-0.39, 0.29) is 16.9 Å². The van der Waals surface area contributed by atoms with Crippen molar-refractivity contribution in [3.05, 3.63) is 35.6 Å². The predicted molar refractivity (Wildman–Crippen MR) is 80.1 cm³/mol. The van der Waals surface area contributed by atoms with E-state index in [1.807, 2.05) is 6.07 Å². The Kier molecular flexibility index (Phi) is 3.78. The Balaban J connectivity index is 1.85. The first-order valence-corrected chi connectivity index (χ1v) is 7.59. The monoisotopic (exact) mass is 293 g/mol. The second kappa shape index (κ2) is 5.32. The maximum atomic E-state index is 13.6. The zero-order valence-electron chi connectivity index (χ0n) is 12.7. The number of rotatable bonds is 2. The highest BCUT2D eigenvalue weighted by molar-refractivity contribution is 5.27. The van der Waals surface area contributed by atoms with E-state index in [0.717, 1.165) is 37.8 Å². The molecule has 1 atom stereocenters. The lowest BCUT2D eigenvalue weighted by Crippen LogP contribution is -2.54. The molecule has 1 aliphatic heterocycles. The van der Waals surface area contributed by atoms with E-state index < -0.39 is 6.35 Å². The lowest BCUT2D eigenvalue weighted by molar-refractivity contribution is 0.0502. The summed E-state index contributed by atoms with van der Waals surface area (Å²) in [4.78, 5) is 2.22. The molecule has 1 aliphatic carbocycles. The number of hydrogen-bond acceptors (Lipinski definition) is 4. The molecule has 0 amide bonds. The van der Waals surface area contributed by atoms with Crippen LogP contribution in [0, 0.1) is 5.82 Å². The molecule has 2 aliphatic rings. The Morgan fingerprint density at radius 3 is 2.48 bits per heavy atom.